The van der Waals surface area contributed by atoms with Crippen LogP contribution in [0.1, 0.15) is 21.5 Å². The number of rotatable bonds is 7. The summed E-state index contributed by atoms with van der Waals surface area (Å²) in [7, 11) is 1.91. The highest BCUT2D eigenvalue weighted by Crippen LogP contribution is 2.32. The molecule has 3 heterocycles. The van der Waals surface area contributed by atoms with Crippen LogP contribution in [0.3, 0.4) is 0 Å². The van der Waals surface area contributed by atoms with Crippen molar-refractivity contribution in [1.82, 2.24) is 24.5 Å². The second-order valence-electron chi connectivity index (χ2n) is 7.67. The third kappa shape index (κ3) is 3.94. The van der Waals surface area contributed by atoms with Crippen molar-refractivity contribution >= 4 is 5.91 Å². The van der Waals surface area contributed by atoms with Crippen molar-refractivity contribution in [3.05, 3.63) is 90.0 Å². The highest BCUT2D eigenvalue weighted by atomic mass is 16.5. The topological polar surface area (TPSA) is 65.2 Å². The molecule has 1 aliphatic heterocycles. The van der Waals surface area contributed by atoms with Crippen molar-refractivity contribution in [3.63, 3.8) is 0 Å². The first-order chi connectivity index (χ1) is 15.2. The van der Waals surface area contributed by atoms with Gasteiger partial charge in [-0.05, 0) is 28.8 Å². The van der Waals surface area contributed by atoms with Crippen molar-refractivity contribution in [2.75, 3.05) is 6.61 Å². The molecule has 0 spiro atoms. The molecule has 0 radical (unpaired) electrons. The van der Waals surface area contributed by atoms with E-state index in [4.69, 9.17) is 4.74 Å². The van der Waals surface area contributed by atoms with E-state index in [2.05, 4.69) is 34.5 Å². The van der Waals surface area contributed by atoms with Crippen LogP contribution >= 0.6 is 0 Å². The molecule has 1 aliphatic rings. The standard InChI is InChI=1S/C24H23N5O2/c1-27-16-21(14-26-27)19-8-6-18(7-9-19)15-28-17-20-4-2-5-22(23(20)24(28)30)31-13-12-29-11-3-10-25-29/h2-11,14,16H,12-13,15,17H2,1H3. The minimum Gasteiger partial charge on any atom is -0.491 e. The third-order valence-electron chi connectivity index (χ3n) is 5.48. The smallest absolute Gasteiger partial charge is 0.258 e. The van der Waals surface area contributed by atoms with Gasteiger partial charge in [-0.2, -0.15) is 10.2 Å². The summed E-state index contributed by atoms with van der Waals surface area (Å²) in [6.07, 6.45) is 7.48. The Bertz CT molecular complexity index is 1200. The maximum atomic E-state index is 13.1. The van der Waals surface area contributed by atoms with Crippen molar-refractivity contribution in [2.45, 2.75) is 19.6 Å². The molecule has 0 aliphatic carbocycles. The number of aryl methyl sites for hydroxylation is 1. The summed E-state index contributed by atoms with van der Waals surface area (Å²) < 4.78 is 9.54. The molecule has 31 heavy (non-hydrogen) atoms. The second kappa shape index (κ2) is 8.10. The van der Waals surface area contributed by atoms with Crippen molar-refractivity contribution in [2.24, 2.45) is 7.05 Å². The first-order valence-corrected chi connectivity index (χ1v) is 10.3. The molecule has 2 aromatic carbocycles. The van der Waals surface area contributed by atoms with E-state index in [1.807, 2.05) is 59.5 Å². The first-order valence-electron chi connectivity index (χ1n) is 10.3. The van der Waals surface area contributed by atoms with Crippen LogP contribution in [-0.4, -0.2) is 37.0 Å². The lowest BCUT2D eigenvalue weighted by atomic mass is 10.1. The predicted octanol–water partition coefficient (Wildman–Crippen LogP) is 3.52. The fourth-order valence-electron chi connectivity index (χ4n) is 3.91. The quantitative estimate of drug-likeness (QED) is 0.465. The molecule has 0 fully saturated rings. The van der Waals surface area contributed by atoms with Gasteiger partial charge in [0.05, 0.1) is 18.3 Å². The Hall–Kier alpha value is -3.87. The van der Waals surface area contributed by atoms with E-state index in [0.29, 0.717) is 37.6 Å². The van der Waals surface area contributed by atoms with Crippen LogP contribution in [0, 0.1) is 0 Å². The molecule has 0 bridgehead atoms. The second-order valence-corrected chi connectivity index (χ2v) is 7.67. The number of fused-ring (bicyclic) bond motifs is 1. The van der Waals surface area contributed by atoms with Gasteiger partial charge in [-0.25, -0.2) is 0 Å². The fraction of sp³-hybridized carbons (Fsp3) is 0.208. The third-order valence-corrected chi connectivity index (χ3v) is 5.48. The van der Waals surface area contributed by atoms with Crippen LogP contribution in [0.25, 0.3) is 11.1 Å². The number of carbonyl (C=O) groups excluding carboxylic acids is 1. The van der Waals surface area contributed by atoms with Gasteiger partial charge in [-0.1, -0.05) is 36.4 Å². The monoisotopic (exact) mass is 413 g/mol. The van der Waals surface area contributed by atoms with E-state index in [0.717, 1.165) is 22.3 Å². The number of aromatic nitrogens is 4. The van der Waals surface area contributed by atoms with Gasteiger partial charge in [-0.3, -0.25) is 14.2 Å². The molecule has 1 amide bonds. The molecule has 7 nitrogen and oxygen atoms in total. The number of nitrogens with zero attached hydrogens (tertiary/aromatic N) is 5. The summed E-state index contributed by atoms with van der Waals surface area (Å²) in [5.41, 5.74) is 4.97. The number of benzene rings is 2. The zero-order chi connectivity index (χ0) is 21.2. The molecule has 0 unspecified atom stereocenters. The van der Waals surface area contributed by atoms with E-state index in [1.54, 1.807) is 10.9 Å². The summed E-state index contributed by atoms with van der Waals surface area (Å²) >= 11 is 0. The molecular weight excluding hydrogens is 390 g/mol. The molecule has 0 atom stereocenters. The largest absolute Gasteiger partial charge is 0.491 e. The van der Waals surface area contributed by atoms with Gasteiger partial charge in [0, 0.05) is 44.3 Å². The van der Waals surface area contributed by atoms with Crippen LogP contribution in [0.5, 0.6) is 5.75 Å². The maximum absolute atomic E-state index is 13.1. The summed E-state index contributed by atoms with van der Waals surface area (Å²) in [6.45, 7) is 2.25. The first kappa shape index (κ1) is 19.1. The van der Waals surface area contributed by atoms with Gasteiger partial charge in [0.1, 0.15) is 12.4 Å². The number of hydrogen-bond donors (Lipinski definition) is 0. The summed E-state index contributed by atoms with van der Waals surface area (Å²) in [5.74, 6) is 0.658. The molecule has 5 rings (SSSR count). The van der Waals surface area contributed by atoms with Gasteiger partial charge < -0.3 is 9.64 Å². The Morgan fingerprint density at radius 3 is 2.65 bits per heavy atom. The van der Waals surface area contributed by atoms with Gasteiger partial charge >= 0.3 is 0 Å². The molecule has 4 aromatic rings. The lowest BCUT2D eigenvalue weighted by Crippen LogP contribution is -2.23. The SMILES string of the molecule is Cn1cc(-c2ccc(CN3Cc4cccc(OCCn5cccn5)c4C3=O)cc2)cn1. The average molecular weight is 413 g/mol. The molecule has 2 aromatic heterocycles. The zero-order valence-electron chi connectivity index (χ0n) is 17.3. The molecule has 7 heteroatoms. The van der Waals surface area contributed by atoms with E-state index >= 15 is 0 Å². The Kier molecular flexibility index (Phi) is 5.00. The highest BCUT2D eigenvalue weighted by Gasteiger charge is 2.30. The zero-order valence-corrected chi connectivity index (χ0v) is 17.3. The van der Waals surface area contributed by atoms with Crippen LogP contribution in [-0.2, 0) is 26.7 Å². The molecule has 0 N–H and O–H groups in total. The normalized spacial score (nSPS) is 12.9. The number of ether oxygens (including phenoxy) is 1. The van der Waals surface area contributed by atoms with E-state index < -0.39 is 0 Å². The maximum Gasteiger partial charge on any atom is 0.258 e. The number of carbonyl (C=O) groups is 1. The van der Waals surface area contributed by atoms with Gasteiger partial charge in [0.15, 0.2) is 0 Å². The fourth-order valence-corrected chi connectivity index (χ4v) is 3.91. The summed E-state index contributed by atoms with van der Waals surface area (Å²) in [4.78, 5) is 15.0. The van der Waals surface area contributed by atoms with Gasteiger partial charge in [-0.15, -0.1) is 0 Å². The van der Waals surface area contributed by atoms with Crippen molar-refractivity contribution < 1.29 is 9.53 Å². The summed E-state index contributed by atoms with van der Waals surface area (Å²) in [6, 6.07) is 16.0. The lowest BCUT2D eigenvalue weighted by molar-refractivity contribution is 0.0763. The Labute approximate surface area is 180 Å². The van der Waals surface area contributed by atoms with E-state index in [1.165, 1.54) is 0 Å². The lowest BCUT2D eigenvalue weighted by Gasteiger charge is -2.16. The van der Waals surface area contributed by atoms with Gasteiger partial charge in [0.25, 0.3) is 5.91 Å². The number of amides is 1. The van der Waals surface area contributed by atoms with E-state index in [9.17, 15) is 4.79 Å². The minimum atomic E-state index is 0.0148. The van der Waals surface area contributed by atoms with Crippen molar-refractivity contribution in [3.8, 4) is 16.9 Å². The van der Waals surface area contributed by atoms with E-state index in [-0.39, 0.29) is 5.91 Å². The van der Waals surface area contributed by atoms with Crippen LogP contribution < -0.4 is 4.74 Å². The van der Waals surface area contributed by atoms with Crippen LogP contribution in [0.2, 0.25) is 0 Å². The highest BCUT2D eigenvalue weighted by molar-refractivity contribution is 6.01. The molecule has 156 valence electrons. The van der Waals surface area contributed by atoms with Gasteiger partial charge in [0.2, 0.25) is 0 Å². The van der Waals surface area contributed by atoms with Crippen LogP contribution in [0.15, 0.2) is 73.3 Å². The molecule has 0 saturated heterocycles. The Balaban J connectivity index is 1.26. The predicted molar refractivity (Wildman–Crippen MR) is 116 cm³/mol. The molecule has 0 saturated carbocycles. The molecular formula is C24H23N5O2. The summed E-state index contributed by atoms with van der Waals surface area (Å²) in [5, 5.41) is 8.40. The average Bonchev–Trinajstić information content (AvgIpc) is 3.51. The Morgan fingerprint density at radius 1 is 1.03 bits per heavy atom. The minimum absolute atomic E-state index is 0.0148. The van der Waals surface area contributed by atoms with Crippen LogP contribution in [0.4, 0.5) is 0 Å². The Morgan fingerprint density at radius 2 is 1.90 bits per heavy atom. The van der Waals surface area contributed by atoms with Crippen molar-refractivity contribution in [1.29, 1.82) is 0 Å². The number of hydrogen-bond acceptors (Lipinski definition) is 4.